The van der Waals surface area contributed by atoms with E-state index in [4.69, 9.17) is 0 Å². The second-order valence-corrected chi connectivity index (χ2v) is 8.66. The molecule has 3 heteroatoms. The number of ketones is 1. The standard InChI is InChI=1S/C20H28O3/c1-11(2)13-9-12-10-14(21)18-19(3,4)7-6-8-20(18,5)15(12)17(23)16(13)22/h9-11,14,18,21,23H,6-8H2,1-5H3/t14-,18?,20+/m0/s1. The van der Waals surface area contributed by atoms with Crippen LogP contribution in [0.2, 0.25) is 0 Å². The topological polar surface area (TPSA) is 57.5 Å². The normalized spacial score (nSPS) is 36.4. The first-order chi connectivity index (χ1) is 10.6. The number of aliphatic hydroxyl groups excluding tert-OH is 2. The molecule has 3 nitrogen and oxygen atoms in total. The first kappa shape index (κ1) is 16.5. The lowest BCUT2D eigenvalue weighted by atomic mass is 9.49. The maximum absolute atomic E-state index is 12.6. The summed E-state index contributed by atoms with van der Waals surface area (Å²) in [6, 6.07) is 0. The van der Waals surface area contributed by atoms with Crippen molar-refractivity contribution in [2.45, 2.75) is 60.0 Å². The summed E-state index contributed by atoms with van der Waals surface area (Å²) in [7, 11) is 0. The highest BCUT2D eigenvalue weighted by molar-refractivity contribution is 6.10. The van der Waals surface area contributed by atoms with E-state index < -0.39 is 6.10 Å². The Morgan fingerprint density at radius 1 is 1.22 bits per heavy atom. The average molecular weight is 316 g/mol. The molecule has 2 N–H and O–H groups in total. The van der Waals surface area contributed by atoms with Gasteiger partial charge < -0.3 is 10.2 Å². The van der Waals surface area contributed by atoms with Crippen molar-refractivity contribution in [3.63, 3.8) is 0 Å². The van der Waals surface area contributed by atoms with Crippen LogP contribution in [0.1, 0.15) is 53.9 Å². The molecule has 3 rings (SSSR count). The van der Waals surface area contributed by atoms with Crippen LogP contribution in [-0.2, 0) is 4.79 Å². The Morgan fingerprint density at radius 2 is 1.87 bits per heavy atom. The summed E-state index contributed by atoms with van der Waals surface area (Å²) in [6.45, 7) is 10.4. The Hall–Kier alpha value is -1.35. The molecule has 0 aromatic heterocycles. The third-order valence-corrected chi connectivity index (χ3v) is 6.24. The molecule has 0 heterocycles. The second-order valence-electron chi connectivity index (χ2n) is 8.66. The molecule has 3 aliphatic carbocycles. The third kappa shape index (κ3) is 2.24. The van der Waals surface area contributed by atoms with Gasteiger partial charge in [0.1, 0.15) is 0 Å². The lowest BCUT2D eigenvalue weighted by molar-refractivity contribution is -0.115. The van der Waals surface area contributed by atoms with Gasteiger partial charge in [-0.25, -0.2) is 0 Å². The fourth-order valence-electron chi connectivity index (χ4n) is 5.34. The molecule has 126 valence electrons. The molecular formula is C20H28O3. The van der Waals surface area contributed by atoms with Crippen molar-refractivity contribution in [3.8, 4) is 0 Å². The number of rotatable bonds is 1. The fourth-order valence-corrected chi connectivity index (χ4v) is 5.34. The Bertz CT molecular complexity index is 648. The zero-order valence-electron chi connectivity index (χ0n) is 14.8. The van der Waals surface area contributed by atoms with Crippen LogP contribution in [0.15, 0.2) is 34.6 Å². The molecule has 0 aliphatic heterocycles. The van der Waals surface area contributed by atoms with Gasteiger partial charge in [0.15, 0.2) is 5.76 Å². The summed E-state index contributed by atoms with van der Waals surface area (Å²) in [4.78, 5) is 12.6. The summed E-state index contributed by atoms with van der Waals surface area (Å²) >= 11 is 0. The van der Waals surface area contributed by atoms with Gasteiger partial charge in [-0.2, -0.15) is 0 Å². The van der Waals surface area contributed by atoms with Crippen LogP contribution in [-0.4, -0.2) is 22.1 Å². The van der Waals surface area contributed by atoms with Crippen molar-refractivity contribution in [2.75, 3.05) is 0 Å². The van der Waals surface area contributed by atoms with E-state index in [0.717, 1.165) is 30.4 Å². The zero-order chi connectivity index (χ0) is 17.2. The molecule has 3 aliphatic rings. The highest BCUT2D eigenvalue weighted by Gasteiger charge is 2.55. The van der Waals surface area contributed by atoms with Gasteiger partial charge in [0.05, 0.1) is 6.10 Å². The summed E-state index contributed by atoms with van der Waals surface area (Å²) in [5.41, 5.74) is 1.85. The lowest BCUT2D eigenvalue weighted by Gasteiger charge is -2.56. The average Bonchev–Trinajstić information content (AvgIpc) is 2.40. The van der Waals surface area contributed by atoms with Crippen LogP contribution >= 0.6 is 0 Å². The van der Waals surface area contributed by atoms with E-state index in [2.05, 4.69) is 20.8 Å². The molecule has 0 aromatic carbocycles. The number of allylic oxidation sites excluding steroid dienone is 4. The molecule has 0 saturated heterocycles. The minimum Gasteiger partial charge on any atom is -0.504 e. The molecule has 3 atom stereocenters. The lowest BCUT2D eigenvalue weighted by Crippen LogP contribution is -2.52. The van der Waals surface area contributed by atoms with Gasteiger partial charge in [0.2, 0.25) is 5.78 Å². The Kier molecular flexibility index (Phi) is 3.64. The predicted molar refractivity (Wildman–Crippen MR) is 90.9 cm³/mol. The van der Waals surface area contributed by atoms with E-state index in [1.807, 2.05) is 26.0 Å². The zero-order valence-corrected chi connectivity index (χ0v) is 14.8. The Balaban J connectivity index is 2.22. The molecule has 0 spiro atoms. The number of carbonyl (C=O) groups excluding carboxylic acids is 1. The minimum atomic E-state index is -0.542. The maximum Gasteiger partial charge on any atom is 0.223 e. The van der Waals surface area contributed by atoms with Gasteiger partial charge in [-0.15, -0.1) is 0 Å². The monoisotopic (exact) mass is 316 g/mol. The minimum absolute atomic E-state index is 0.0199. The van der Waals surface area contributed by atoms with Crippen molar-refractivity contribution >= 4 is 5.78 Å². The Morgan fingerprint density at radius 3 is 2.48 bits per heavy atom. The van der Waals surface area contributed by atoms with Crippen LogP contribution in [0.5, 0.6) is 0 Å². The van der Waals surface area contributed by atoms with Crippen LogP contribution in [0.4, 0.5) is 0 Å². The van der Waals surface area contributed by atoms with Gasteiger partial charge in [0, 0.05) is 22.5 Å². The molecule has 23 heavy (non-hydrogen) atoms. The highest BCUT2D eigenvalue weighted by Crippen LogP contribution is 2.61. The molecule has 1 saturated carbocycles. The van der Waals surface area contributed by atoms with Crippen LogP contribution in [0, 0.1) is 22.7 Å². The quantitative estimate of drug-likeness (QED) is 0.766. The molecule has 0 radical (unpaired) electrons. The molecule has 0 amide bonds. The number of fused-ring (bicyclic) bond motifs is 3. The van der Waals surface area contributed by atoms with Crippen molar-refractivity contribution < 1.29 is 15.0 Å². The van der Waals surface area contributed by atoms with E-state index in [9.17, 15) is 15.0 Å². The summed E-state index contributed by atoms with van der Waals surface area (Å²) in [5, 5.41) is 21.5. The van der Waals surface area contributed by atoms with Gasteiger partial charge in [0.25, 0.3) is 0 Å². The van der Waals surface area contributed by atoms with Crippen molar-refractivity contribution in [1.29, 1.82) is 0 Å². The van der Waals surface area contributed by atoms with Gasteiger partial charge in [-0.1, -0.05) is 41.0 Å². The van der Waals surface area contributed by atoms with Crippen molar-refractivity contribution in [2.24, 2.45) is 22.7 Å². The highest BCUT2D eigenvalue weighted by atomic mass is 16.3. The Labute approximate surface area is 138 Å². The van der Waals surface area contributed by atoms with Gasteiger partial charge >= 0.3 is 0 Å². The van der Waals surface area contributed by atoms with Crippen molar-refractivity contribution in [3.05, 3.63) is 34.6 Å². The van der Waals surface area contributed by atoms with E-state index in [0.29, 0.717) is 5.57 Å². The fraction of sp³-hybridized carbons (Fsp3) is 0.650. The van der Waals surface area contributed by atoms with E-state index >= 15 is 0 Å². The van der Waals surface area contributed by atoms with Crippen LogP contribution < -0.4 is 0 Å². The largest absolute Gasteiger partial charge is 0.504 e. The molecular weight excluding hydrogens is 288 g/mol. The summed E-state index contributed by atoms with van der Waals surface area (Å²) < 4.78 is 0. The third-order valence-electron chi connectivity index (χ3n) is 6.24. The molecule has 1 fully saturated rings. The number of carbonyl (C=O) groups is 1. The first-order valence-electron chi connectivity index (χ1n) is 8.70. The van der Waals surface area contributed by atoms with Crippen LogP contribution in [0.3, 0.4) is 0 Å². The number of hydrogen-bond acceptors (Lipinski definition) is 3. The molecule has 0 bridgehead atoms. The van der Waals surface area contributed by atoms with Gasteiger partial charge in [-0.05, 0) is 41.9 Å². The number of Topliss-reactive ketones (excluding diaryl/α,β-unsaturated/α-hetero) is 1. The summed E-state index contributed by atoms with van der Waals surface area (Å²) in [5.74, 6) is -0.268. The smallest absolute Gasteiger partial charge is 0.223 e. The second kappa shape index (κ2) is 5.07. The van der Waals surface area contributed by atoms with Crippen LogP contribution in [0.25, 0.3) is 0 Å². The summed E-state index contributed by atoms with van der Waals surface area (Å²) in [6.07, 6.45) is 6.19. The molecule has 1 unspecified atom stereocenters. The number of hydrogen-bond donors (Lipinski definition) is 2. The van der Waals surface area contributed by atoms with E-state index in [-0.39, 0.29) is 34.2 Å². The van der Waals surface area contributed by atoms with E-state index in [1.54, 1.807) is 0 Å². The maximum atomic E-state index is 12.6. The molecule has 0 aromatic rings. The first-order valence-corrected chi connectivity index (χ1v) is 8.70. The van der Waals surface area contributed by atoms with Crippen molar-refractivity contribution in [1.82, 2.24) is 0 Å². The number of aliphatic hydroxyl groups is 2. The predicted octanol–water partition coefficient (Wildman–Crippen LogP) is 4.10. The van der Waals surface area contributed by atoms with Gasteiger partial charge in [-0.3, -0.25) is 4.79 Å². The SMILES string of the molecule is CC(C)C1=CC2=C[C@H](O)C3C(C)(C)CCC[C@]3(C)C2=C(O)C1=O. The van der Waals surface area contributed by atoms with E-state index in [1.165, 1.54) is 0 Å².